The second-order valence-corrected chi connectivity index (χ2v) is 4.27. The Kier molecular flexibility index (Phi) is 4.17. The van der Waals surface area contributed by atoms with E-state index in [9.17, 15) is 4.79 Å². The van der Waals surface area contributed by atoms with Gasteiger partial charge < -0.3 is 15.1 Å². The van der Waals surface area contributed by atoms with Crippen molar-refractivity contribution in [3.8, 4) is 0 Å². The Morgan fingerprint density at radius 3 is 2.71 bits per heavy atom. The Morgan fingerprint density at radius 2 is 2.12 bits per heavy atom. The minimum atomic E-state index is 0.171. The summed E-state index contributed by atoms with van der Waals surface area (Å²) in [5.41, 5.74) is 5.38. The molecule has 0 radical (unpaired) electrons. The van der Waals surface area contributed by atoms with Gasteiger partial charge in [0.05, 0.1) is 12.8 Å². The maximum absolute atomic E-state index is 11.6. The molecule has 0 aliphatic carbocycles. The van der Waals surface area contributed by atoms with Crippen molar-refractivity contribution in [2.45, 2.75) is 13.0 Å². The van der Waals surface area contributed by atoms with Crippen molar-refractivity contribution in [2.75, 3.05) is 32.7 Å². The van der Waals surface area contributed by atoms with Crippen LogP contribution in [0, 0.1) is 0 Å². The van der Waals surface area contributed by atoms with Gasteiger partial charge in [-0.3, -0.25) is 9.69 Å². The molecule has 0 bridgehead atoms. The zero-order valence-corrected chi connectivity index (χ0v) is 9.97. The van der Waals surface area contributed by atoms with Crippen molar-refractivity contribution in [3.63, 3.8) is 0 Å². The Labute approximate surface area is 101 Å². The number of carbonyl (C=O) groups is 1. The van der Waals surface area contributed by atoms with Crippen molar-refractivity contribution in [1.29, 1.82) is 0 Å². The molecule has 94 valence electrons. The van der Waals surface area contributed by atoms with E-state index in [1.165, 1.54) is 0 Å². The highest BCUT2D eigenvalue weighted by molar-refractivity contribution is 5.76. The molecule has 0 atom stereocenters. The van der Waals surface area contributed by atoms with E-state index in [-0.39, 0.29) is 5.91 Å². The number of hydrogen-bond donors (Lipinski definition) is 1. The lowest BCUT2D eigenvalue weighted by Gasteiger charge is -2.34. The summed E-state index contributed by atoms with van der Waals surface area (Å²) in [6.07, 6.45) is 2.15. The molecule has 1 aromatic rings. The molecule has 2 rings (SSSR count). The third-order valence-corrected chi connectivity index (χ3v) is 3.04. The maximum Gasteiger partial charge on any atom is 0.223 e. The largest absolute Gasteiger partial charge is 0.468 e. The van der Waals surface area contributed by atoms with E-state index in [2.05, 4.69) is 4.90 Å². The van der Waals surface area contributed by atoms with Crippen LogP contribution in [0.3, 0.4) is 0 Å². The number of furan rings is 1. The van der Waals surface area contributed by atoms with Gasteiger partial charge >= 0.3 is 0 Å². The SMILES string of the molecule is NCCC(=O)N1CCN(Cc2ccco2)CC1. The fourth-order valence-corrected chi connectivity index (χ4v) is 2.06. The fourth-order valence-electron chi connectivity index (χ4n) is 2.06. The predicted octanol–water partition coefficient (Wildman–Crippen LogP) is 0.273. The normalized spacial score (nSPS) is 17.4. The van der Waals surface area contributed by atoms with Gasteiger partial charge in [0.25, 0.3) is 0 Å². The van der Waals surface area contributed by atoms with Crippen LogP contribution in [0.5, 0.6) is 0 Å². The van der Waals surface area contributed by atoms with Gasteiger partial charge in [0, 0.05) is 39.1 Å². The lowest BCUT2D eigenvalue weighted by atomic mass is 10.2. The van der Waals surface area contributed by atoms with E-state index in [0.717, 1.165) is 38.5 Å². The number of piperazine rings is 1. The Morgan fingerprint density at radius 1 is 1.35 bits per heavy atom. The number of nitrogens with zero attached hydrogens (tertiary/aromatic N) is 2. The summed E-state index contributed by atoms with van der Waals surface area (Å²) < 4.78 is 5.31. The molecule has 0 spiro atoms. The minimum Gasteiger partial charge on any atom is -0.468 e. The fraction of sp³-hybridized carbons (Fsp3) is 0.583. The number of nitrogens with two attached hydrogens (primary N) is 1. The Balaban J connectivity index is 1.76. The highest BCUT2D eigenvalue weighted by atomic mass is 16.3. The molecule has 1 amide bonds. The third-order valence-electron chi connectivity index (χ3n) is 3.04. The number of amides is 1. The summed E-state index contributed by atoms with van der Waals surface area (Å²) in [7, 11) is 0. The monoisotopic (exact) mass is 237 g/mol. The van der Waals surface area contributed by atoms with Crippen LogP contribution in [0.15, 0.2) is 22.8 Å². The van der Waals surface area contributed by atoms with E-state index < -0.39 is 0 Å². The molecule has 1 aliphatic rings. The minimum absolute atomic E-state index is 0.171. The molecule has 0 unspecified atom stereocenters. The lowest BCUT2D eigenvalue weighted by molar-refractivity contribution is -0.132. The van der Waals surface area contributed by atoms with Crippen molar-refractivity contribution in [1.82, 2.24) is 9.80 Å². The van der Waals surface area contributed by atoms with E-state index >= 15 is 0 Å². The molecule has 0 saturated carbocycles. The van der Waals surface area contributed by atoms with E-state index in [1.54, 1.807) is 6.26 Å². The average Bonchev–Trinajstić information content (AvgIpc) is 2.83. The number of rotatable bonds is 4. The van der Waals surface area contributed by atoms with Crippen LogP contribution < -0.4 is 5.73 Å². The molecule has 5 heteroatoms. The smallest absolute Gasteiger partial charge is 0.223 e. The van der Waals surface area contributed by atoms with Gasteiger partial charge in [-0.05, 0) is 12.1 Å². The number of hydrogen-bond acceptors (Lipinski definition) is 4. The van der Waals surface area contributed by atoms with Crippen LogP contribution >= 0.6 is 0 Å². The molecule has 2 heterocycles. The lowest BCUT2D eigenvalue weighted by Crippen LogP contribution is -2.48. The van der Waals surface area contributed by atoms with Gasteiger partial charge in [-0.1, -0.05) is 0 Å². The highest BCUT2D eigenvalue weighted by Crippen LogP contribution is 2.09. The molecule has 17 heavy (non-hydrogen) atoms. The molecular weight excluding hydrogens is 218 g/mol. The molecule has 1 fully saturated rings. The molecule has 1 aliphatic heterocycles. The molecule has 2 N–H and O–H groups in total. The van der Waals surface area contributed by atoms with Gasteiger partial charge in [0.2, 0.25) is 5.91 Å². The third kappa shape index (κ3) is 3.31. The van der Waals surface area contributed by atoms with Crippen molar-refractivity contribution < 1.29 is 9.21 Å². The molecule has 0 aromatic carbocycles. The predicted molar refractivity (Wildman–Crippen MR) is 64.2 cm³/mol. The Hall–Kier alpha value is -1.33. The number of carbonyl (C=O) groups excluding carboxylic acids is 1. The first-order valence-corrected chi connectivity index (χ1v) is 6.02. The van der Waals surface area contributed by atoms with Crippen LogP contribution in [0.4, 0.5) is 0 Å². The second-order valence-electron chi connectivity index (χ2n) is 4.27. The summed E-state index contributed by atoms with van der Waals surface area (Å²) in [6, 6.07) is 3.88. The first-order chi connectivity index (χ1) is 8.29. The zero-order valence-electron chi connectivity index (χ0n) is 9.97. The van der Waals surface area contributed by atoms with Gasteiger partial charge in [-0.15, -0.1) is 0 Å². The van der Waals surface area contributed by atoms with E-state index in [1.807, 2.05) is 17.0 Å². The summed E-state index contributed by atoms with van der Waals surface area (Å²) in [4.78, 5) is 15.8. The van der Waals surface area contributed by atoms with E-state index in [0.29, 0.717) is 13.0 Å². The topological polar surface area (TPSA) is 62.7 Å². The standard InChI is InChI=1S/C12H19N3O2/c13-4-3-12(16)15-7-5-14(6-8-15)10-11-2-1-9-17-11/h1-2,9H,3-8,10,13H2. The van der Waals surface area contributed by atoms with E-state index in [4.69, 9.17) is 10.2 Å². The summed E-state index contributed by atoms with van der Waals surface area (Å²) >= 11 is 0. The van der Waals surface area contributed by atoms with Gasteiger partial charge in [0.15, 0.2) is 0 Å². The van der Waals surface area contributed by atoms with Crippen LogP contribution in [-0.4, -0.2) is 48.4 Å². The molecule has 1 aromatic heterocycles. The van der Waals surface area contributed by atoms with Crippen LogP contribution in [-0.2, 0) is 11.3 Å². The molecular formula is C12H19N3O2. The second kappa shape index (κ2) is 5.84. The Bertz CT molecular complexity index is 343. The van der Waals surface area contributed by atoms with Crippen LogP contribution in [0.1, 0.15) is 12.2 Å². The summed E-state index contributed by atoms with van der Waals surface area (Å²) in [5, 5.41) is 0. The maximum atomic E-state index is 11.6. The zero-order chi connectivity index (χ0) is 12.1. The van der Waals surface area contributed by atoms with Gasteiger partial charge in [-0.2, -0.15) is 0 Å². The van der Waals surface area contributed by atoms with Gasteiger partial charge in [0.1, 0.15) is 5.76 Å². The first kappa shape index (κ1) is 12.1. The quantitative estimate of drug-likeness (QED) is 0.816. The van der Waals surface area contributed by atoms with Crippen molar-refractivity contribution in [3.05, 3.63) is 24.2 Å². The summed E-state index contributed by atoms with van der Waals surface area (Å²) in [6.45, 7) is 4.64. The summed E-state index contributed by atoms with van der Waals surface area (Å²) in [5.74, 6) is 1.15. The highest BCUT2D eigenvalue weighted by Gasteiger charge is 2.20. The molecule has 5 nitrogen and oxygen atoms in total. The average molecular weight is 237 g/mol. The van der Waals surface area contributed by atoms with Crippen molar-refractivity contribution in [2.24, 2.45) is 5.73 Å². The van der Waals surface area contributed by atoms with Crippen LogP contribution in [0.2, 0.25) is 0 Å². The van der Waals surface area contributed by atoms with Crippen LogP contribution in [0.25, 0.3) is 0 Å². The first-order valence-electron chi connectivity index (χ1n) is 6.02. The molecule has 1 saturated heterocycles. The van der Waals surface area contributed by atoms with Crippen molar-refractivity contribution >= 4 is 5.91 Å². The van der Waals surface area contributed by atoms with Gasteiger partial charge in [-0.25, -0.2) is 0 Å².